The van der Waals surface area contributed by atoms with Crippen LogP contribution in [-0.2, 0) is 0 Å². The van der Waals surface area contributed by atoms with Gasteiger partial charge in [-0.2, -0.15) is 0 Å². The van der Waals surface area contributed by atoms with E-state index in [9.17, 15) is 9.18 Å². The maximum atomic E-state index is 13.3. The van der Waals surface area contributed by atoms with Gasteiger partial charge in [-0.3, -0.25) is 4.79 Å². The average molecular weight is 257 g/mol. The van der Waals surface area contributed by atoms with Crippen molar-refractivity contribution in [3.05, 3.63) is 45.1 Å². The molecule has 2 aromatic rings. The number of nitrogens with zero attached hydrogens (tertiary/aromatic N) is 1. The molecule has 3 N–H and O–H groups in total. The van der Waals surface area contributed by atoms with Crippen LogP contribution in [0.15, 0.2) is 23.0 Å². The summed E-state index contributed by atoms with van der Waals surface area (Å²) in [5, 5.41) is 1.43. The van der Waals surface area contributed by atoms with Crippen LogP contribution >= 0.6 is 0 Å². The highest BCUT2D eigenvalue weighted by atomic mass is 19.1. The highest BCUT2D eigenvalue weighted by Crippen LogP contribution is 2.21. The molecule has 1 aliphatic rings. The molecule has 1 aliphatic carbocycles. The third-order valence-electron chi connectivity index (χ3n) is 3.09. The fraction of sp³-hybridized carbons (Fsp3) is 0.143. The molecule has 0 unspecified atom stereocenters. The second-order valence-corrected chi connectivity index (χ2v) is 4.43. The summed E-state index contributed by atoms with van der Waals surface area (Å²) in [6.45, 7) is 0. The molecule has 0 aliphatic heterocycles. The normalized spacial score (nSPS) is 13.3. The van der Waals surface area contributed by atoms with Crippen LogP contribution in [0.25, 0.3) is 23.4 Å². The summed E-state index contributed by atoms with van der Waals surface area (Å²) in [4.78, 5) is 19.1. The Morgan fingerprint density at radius 3 is 2.89 bits per heavy atom. The fourth-order valence-corrected chi connectivity index (χ4v) is 2.15. The zero-order valence-electron chi connectivity index (χ0n) is 10.1. The van der Waals surface area contributed by atoms with Gasteiger partial charge in [0.1, 0.15) is 11.5 Å². The molecule has 0 saturated heterocycles. The molecule has 0 fully saturated rings. The molecule has 0 atom stereocenters. The summed E-state index contributed by atoms with van der Waals surface area (Å²) in [6, 6.07) is 3.91. The number of anilines is 1. The predicted octanol–water partition coefficient (Wildman–Crippen LogP) is 0.513. The maximum absolute atomic E-state index is 13.3. The van der Waals surface area contributed by atoms with Crippen LogP contribution in [0.5, 0.6) is 0 Å². The third kappa shape index (κ3) is 2.03. The minimum atomic E-state index is -0.446. The lowest BCUT2D eigenvalue weighted by molar-refractivity contribution is 0.628. The minimum Gasteiger partial charge on any atom is -0.398 e. The van der Waals surface area contributed by atoms with E-state index in [4.69, 9.17) is 5.73 Å². The highest BCUT2D eigenvalue weighted by molar-refractivity contribution is 5.73. The SMILES string of the molecule is Nc1ccc(F)cc1-c1nc2c([nH]c1=O)=CCCC=2. The van der Waals surface area contributed by atoms with E-state index in [0.717, 1.165) is 18.2 Å². The monoisotopic (exact) mass is 257 g/mol. The number of hydrogen-bond donors (Lipinski definition) is 2. The van der Waals surface area contributed by atoms with Gasteiger partial charge in [-0.25, -0.2) is 9.37 Å². The summed E-state index contributed by atoms with van der Waals surface area (Å²) in [5.74, 6) is -0.446. The number of H-pyrrole nitrogens is 1. The first-order valence-corrected chi connectivity index (χ1v) is 6.01. The number of hydrogen-bond acceptors (Lipinski definition) is 3. The molecule has 96 valence electrons. The summed E-state index contributed by atoms with van der Waals surface area (Å²) in [5.41, 5.74) is 6.24. The Morgan fingerprint density at radius 2 is 2.05 bits per heavy atom. The van der Waals surface area contributed by atoms with Gasteiger partial charge in [-0.1, -0.05) is 12.2 Å². The third-order valence-corrected chi connectivity index (χ3v) is 3.09. The smallest absolute Gasteiger partial charge is 0.275 e. The quantitative estimate of drug-likeness (QED) is 0.731. The zero-order valence-corrected chi connectivity index (χ0v) is 10.1. The van der Waals surface area contributed by atoms with Gasteiger partial charge in [0.25, 0.3) is 5.56 Å². The summed E-state index contributed by atoms with van der Waals surface area (Å²) < 4.78 is 13.3. The molecule has 4 nitrogen and oxygen atoms in total. The minimum absolute atomic E-state index is 0.155. The molecule has 1 aromatic heterocycles. The summed E-state index contributed by atoms with van der Waals surface area (Å²) in [6.07, 6.45) is 5.64. The van der Waals surface area contributed by atoms with Crippen LogP contribution in [0.1, 0.15) is 12.8 Å². The topological polar surface area (TPSA) is 71.8 Å². The van der Waals surface area contributed by atoms with Gasteiger partial charge >= 0.3 is 0 Å². The van der Waals surface area contributed by atoms with Crippen LogP contribution in [0.2, 0.25) is 0 Å². The Labute approximate surface area is 108 Å². The van der Waals surface area contributed by atoms with E-state index >= 15 is 0 Å². The van der Waals surface area contributed by atoms with E-state index in [2.05, 4.69) is 9.97 Å². The van der Waals surface area contributed by atoms with E-state index in [1.807, 2.05) is 12.2 Å². The number of nitrogen functional groups attached to an aromatic ring is 1. The Balaban J connectivity index is 2.33. The number of aromatic nitrogens is 2. The lowest BCUT2D eigenvalue weighted by atomic mass is 10.1. The second kappa shape index (κ2) is 4.35. The predicted molar refractivity (Wildman–Crippen MR) is 72.1 cm³/mol. The van der Waals surface area contributed by atoms with E-state index in [1.165, 1.54) is 18.2 Å². The molecule has 3 rings (SSSR count). The largest absolute Gasteiger partial charge is 0.398 e. The van der Waals surface area contributed by atoms with E-state index in [0.29, 0.717) is 16.6 Å². The first-order chi connectivity index (χ1) is 9.15. The van der Waals surface area contributed by atoms with Crippen molar-refractivity contribution in [2.24, 2.45) is 0 Å². The van der Waals surface area contributed by atoms with Crippen LogP contribution in [0.3, 0.4) is 0 Å². The number of nitrogens with two attached hydrogens (primary N) is 1. The summed E-state index contributed by atoms with van der Waals surface area (Å²) >= 11 is 0. The van der Waals surface area contributed by atoms with Crippen molar-refractivity contribution >= 4 is 17.8 Å². The summed E-state index contributed by atoms with van der Waals surface area (Å²) in [7, 11) is 0. The lowest BCUT2D eigenvalue weighted by Gasteiger charge is -2.06. The van der Waals surface area contributed by atoms with Gasteiger partial charge in [-0.05, 0) is 31.0 Å². The molecular formula is C14H12FN3O. The number of rotatable bonds is 1. The molecule has 0 saturated carbocycles. The fourth-order valence-electron chi connectivity index (χ4n) is 2.15. The van der Waals surface area contributed by atoms with Crippen LogP contribution < -0.4 is 22.0 Å². The molecule has 1 aromatic carbocycles. The molecule has 0 amide bonds. The molecule has 0 radical (unpaired) electrons. The van der Waals surface area contributed by atoms with Crippen molar-refractivity contribution in [3.8, 4) is 11.3 Å². The van der Waals surface area contributed by atoms with Crippen molar-refractivity contribution in [2.75, 3.05) is 5.73 Å². The van der Waals surface area contributed by atoms with Crippen molar-refractivity contribution in [1.29, 1.82) is 0 Å². The van der Waals surface area contributed by atoms with Crippen molar-refractivity contribution in [3.63, 3.8) is 0 Å². The average Bonchev–Trinajstić information content (AvgIpc) is 2.41. The lowest BCUT2D eigenvalue weighted by Crippen LogP contribution is -2.39. The number of halogens is 1. The van der Waals surface area contributed by atoms with Gasteiger partial charge in [0.05, 0.1) is 10.7 Å². The first-order valence-electron chi connectivity index (χ1n) is 6.01. The standard InChI is InChI=1S/C14H12FN3O/c15-8-5-6-10(16)9(7-8)13-14(19)18-12-4-2-1-3-11(12)17-13/h3-7H,1-2,16H2,(H,18,19). The van der Waals surface area contributed by atoms with Crippen LogP contribution in [-0.4, -0.2) is 9.97 Å². The van der Waals surface area contributed by atoms with Crippen molar-refractivity contribution in [1.82, 2.24) is 9.97 Å². The van der Waals surface area contributed by atoms with E-state index in [1.54, 1.807) is 0 Å². The van der Waals surface area contributed by atoms with Crippen LogP contribution in [0.4, 0.5) is 10.1 Å². The van der Waals surface area contributed by atoms with E-state index < -0.39 is 5.82 Å². The molecule has 0 spiro atoms. The van der Waals surface area contributed by atoms with Gasteiger partial charge in [0.15, 0.2) is 0 Å². The van der Waals surface area contributed by atoms with Gasteiger partial charge < -0.3 is 10.7 Å². The second-order valence-electron chi connectivity index (χ2n) is 4.43. The Morgan fingerprint density at radius 1 is 1.26 bits per heavy atom. The van der Waals surface area contributed by atoms with Crippen molar-refractivity contribution < 1.29 is 4.39 Å². The Bertz CT molecular complexity index is 824. The molecule has 19 heavy (non-hydrogen) atoms. The number of fused-ring (bicyclic) bond motifs is 1. The number of nitrogens with one attached hydrogen (secondary N) is 1. The Kier molecular flexibility index (Phi) is 2.67. The van der Waals surface area contributed by atoms with E-state index in [-0.39, 0.29) is 11.3 Å². The van der Waals surface area contributed by atoms with Gasteiger partial charge in [0, 0.05) is 11.3 Å². The van der Waals surface area contributed by atoms with Gasteiger partial charge in [-0.15, -0.1) is 0 Å². The highest BCUT2D eigenvalue weighted by Gasteiger charge is 2.11. The number of aromatic amines is 1. The zero-order chi connectivity index (χ0) is 13.4. The number of benzene rings is 1. The molecule has 5 heteroatoms. The molecule has 1 heterocycles. The first kappa shape index (κ1) is 11.6. The Hall–Kier alpha value is -2.43. The molecule has 0 bridgehead atoms. The maximum Gasteiger partial charge on any atom is 0.275 e. The molecular weight excluding hydrogens is 245 g/mol. The van der Waals surface area contributed by atoms with Gasteiger partial charge in [0.2, 0.25) is 0 Å². The van der Waals surface area contributed by atoms with Crippen molar-refractivity contribution in [2.45, 2.75) is 12.8 Å². The van der Waals surface area contributed by atoms with Crippen LogP contribution in [0, 0.1) is 5.82 Å².